The van der Waals surface area contributed by atoms with Crippen LogP contribution >= 0.6 is 0 Å². The molecule has 0 spiro atoms. The Hall–Kier alpha value is -0.570. The van der Waals surface area contributed by atoms with Gasteiger partial charge in [0.1, 0.15) is 0 Å². The van der Waals surface area contributed by atoms with Crippen LogP contribution in [-0.4, -0.2) is 37.0 Å². The fourth-order valence-electron chi connectivity index (χ4n) is 1.15. The first-order valence-corrected chi connectivity index (χ1v) is 4.68. The van der Waals surface area contributed by atoms with Crippen LogP contribution in [0.3, 0.4) is 0 Å². The van der Waals surface area contributed by atoms with Crippen molar-refractivity contribution in [2.45, 2.75) is 20.3 Å². The van der Waals surface area contributed by atoms with E-state index in [-0.39, 0.29) is 5.91 Å². The average Bonchev–Trinajstić information content (AvgIpc) is 1.81. The summed E-state index contributed by atoms with van der Waals surface area (Å²) >= 11 is 0. The van der Waals surface area contributed by atoms with Crippen molar-refractivity contribution in [1.82, 2.24) is 10.2 Å². The van der Waals surface area contributed by atoms with Gasteiger partial charge in [-0.05, 0) is 18.9 Å². The van der Waals surface area contributed by atoms with Gasteiger partial charge in [0, 0.05) is 13.1 Å². The molecule has 0 aromatic heterocycles. The molecule has 1 N–H and O–H groups in total. The second kappa shape index (κ2) is 4.45. The van der Waals surface area contributed by atoms with Crippen LogP contribution in [0, 0.1) is 5.92 Å². The lowest BCUT2D eigenvalue weighted by Gasteiger charge is -2.31. The Labute approximate surface area is 74.1 Å². The lowest BCUT2D eigenvalue weighted by molar-refractivity contribution is -0.133. The maximum absolute atomic E-state index is 11.3. The zero-order valence-electron chi connectivity index (χ0n) is 7.97. The molecule has 0 atom stereocenters. The third-order valence-corrected chi connectivity index (χ3v) is 2.04. The lowest BCUT2D eigenvalue weighted by Crippen LogP contribution is -2.46. The van der Waals surface area contributed by atoms with Crippen LogP contribution in [0.1, 0.15) is 20.3 Å². The summed E-state index contributed by atoms with van der Waals surface area (Å²) < 4.78 is 0. The standard InChI is InChI=1S/C9H18N2O/c1-8(2)6-10-7-9(12)11-4-3-5-11/h8,10H,3-7H2,1-2H3. The number of carbonyl (C=O) groups is 1. The van der Waals surface area contributed by atoms with E-state index in [0.29, 0.717) is 12.5 Å². The molecule has 0 aliphatic carbocycles. The third kappa shape index (κ3) is 2.81. The SMILES string of the molecule is CC(C)CNCC(=O)N1CCC1. The number of likely N-dealkylation sites (tertiary alicyclic amines) is 1. The highest BCUT2D eigenvalue weighted by molar-refractivity contribution is 5.78. The van der Waals surface area contributed by atoms with Gasteiger partial charge in [-0.25, -0.2) is 0 Å². The van der Waals surface area contributed by atoms with Crippen LogP contribution in [0.4, 0.5) is 0 Å². The van der Waals surface area contributed by atoms with Gasteiger partial charge in [-0.3, -0.25) is 4.79 Å². The number of hydrogen-bond acceptors (Lipinski definition) is 2. The number of hydrogen-bond donors (Lipinski definition) is 1. The van der Waals surface area contributed by atoms with Crippen molar-refractivity contribution in [3.8, 4) is 0 Å². The molecule has 0 unspecified atom stereocenters. The van der Waals surface area contributed by atoms with E-state index in [9.17, 15) is 4.79 Å². The van der Waals surface area contributed by atoms with Gasteiger partial charge in [0.2, 0.25) is 5.91 Å². The molecule has 3 heteroatoms. The first-order chi connectivity index (χ1) is 5.70. The molecule has 70 valence electrons. The molecule has 0 saturated carbocycles. The van der Waals surface area contributed by atoms with Crippen molar-refractivity contribution >= 4 is 5.91 Å². The molecule has 1 rings (SSSR count). The minimum atomic E-state index is 0.252. The summed E-state index contributed by atoms with van der Waals surface area (Å²) in [4.78, 5) is 13.2. The van der Waals surface area contributed by atoms with Gasteiger partial charge >= 0.3 is 0 Å². The molecular formula is C9H18N2O. The van der Waals surface area contributed by atoms with E-state index >= 15 is 0 Å². The third-order valence-electron chi connectivity index (χ3n) is 2.04. The monoisotopic (exact) mass is 170 g/mol. The van der Waals surface area contributed by atoms with E-state index in [4.69, 9.17) is 0 Å². The summed E-state index contributed by atoms with van der Waals surface area (Å²) in [5.74, 6) is 0.871. The van der Waals surface area contributed by atoms with E-state index in [0.717, 1.165) is 19.6 Å². The Bertz CT molecular complexity index is 153. The summed E-state index contributed by atoms with van der Waals surface area (Å²) in [6, 6.07) is 0. The maximum atomic E-state index is 11.3. The Kier molecular flexibility index (Phi) is 3.53. The van der Waals surface area contributed by atoms with E-state index in [1.807, 2.05) is 4.90 Å². The molecular weight excluding hydrogens is 152 g/mol. The van der Waals surface area contributed by atoms with E-state index in [1.165, 1.54) is 6.42 Å². The number of nitrogens with one attached hydrogen (secondary N) is 1. The largest absolute Gasteiger partial charge is 0.341 e. The minimum absolute atomic E-state index is 0.252. The van der Waals surface area contributed by atoms with Gasteiger partial charge < -0.3 is 10.2 Å². The summed E-state index contributed by atoms with van der Waals surface area (Å²) in [6.45, 7) is 7.64. The Morgan fingerprint density at radius 3 is 2.58 bits per heavy atom. The summed E-state index contributed by atoms with van der Waals surface area (Å²) in [7, 11) is 0. The zero-order valence-corrected chi connectivity index (χ0v) is 7.97. The first-order valence-electron chi connectivity index (χ1n) is 4.68. The van der Waals surface area contributed by atoms with Crippen LogP contribution in [0.5, 0.6) is 0 Å². The molecule has 1 heterocycles. The van der Waals surface area contributed by atoms with Gasteiger partial charge in [-0.15, -0.1) is 0 Å². The van der Waals surface area contributed by atoms with Crippen LogP contribution in [0.15, 0.2) is 0 Å². The molecule has 1 fully saturated rings. The Balaban J connectivity index is 2.02. The number of rotatable bonds is 4. The maximum Gasteiger partial charge on any atom is 0.236 e. The van der Waals surface area contributed by atoms with Gasteiger partial charge in [0.25, 0.3) is 0 Å². The minimum Gasteiger partial charge on any atom is -0.341 e. The van der Waals surface area contributed by atoms with Crippen molar-refractivity contribution in [2.75, 3.05) is 26.2 Å². The van der Waals surface area contributed by atoms with Crippen LogP contribution < -0.4 is 5.32 Å². The highest BCUT2D eigenvalue weighted by Gasteiger charge is 2.18. The highest BCUT2D eigenvalue weighted by Crippen LogP contribution is 2.04. The molecule has 0 radical (unpaired) electrons. The van der Waals surface area contributed by atoms with Crippen molar-refractivity contribution in [1.29, 1.82) is 0 Å². The van der Waals surface area contributed by atoms with E-state index < -0.39 is 0 Å². The predicted molar refractivity (Wildman–Crippen MR) is 48.9 cm³/mol. The first kappa shape index (κ1) is 9.52. The molecule has 0 aromatic rings. The van der Waals surface area contributed by atoms with Crippen molar-refractivity contribution in [3.63, 3.8) is 0 Å². The molecule has 0 aromatic carbocycles. The summed E-state index contributed by atoms with van der Waals surface area (Å²) in [6.07, 6.45) is 1.18. The molecule has 0 bridgehead atoms. The predicted octanol–water partition coefficient (Wildman–Crippen LogP) is 0.464. The second-order valence-corrected chi connectivity index (χ2v) is 3.76. The fraction of sp³-hybridized carbons (Fsp3) is 0.889. The molecule has 1 aliphatic rings. The number of carbonyl (C=O) groups excluding carboxylic acids is 1. The Morgan fingerprint density at radius 1 is 1.50 bits per heavy atom. The Morgan fingerprint density at radius 2 is 2.17 bits per heavy atom. The van der Waals surface area contributed by atoms with Crippen LogP contribution in [0.25, 0.3) is 0 Å². The van der Waals surface area contributed by atoms with Crippen molar-refractivity contribution in [2.24, 2.45) is 5.92 Å². The van der Waals surface area contributed by atoms with Gasteiger partial charge in [-0.2, -0.15) is 0 Å². The highest BCUT2D eigenvalue weighted by atomic mass is 16.2. The fourth-order valence-corrected chi connectivity index (χ4v) is 1.15. The molecule has 1 saturated heterocycles. The van der Waals surface area contributed by atoms with Crippen molar-refractivity contribution in [3.05, 3.63) is 0 Å². The molecule has 1 amide bonds. The lowest BCUT2D eigenvalue weighted by atomic mass is 10.2. The molecule has 1 aliphatic heterocycles. The van der Waals surface area contributed by atoms with E-state index in [2.05, 4.69) is 19.2 Å². The molecule has 12 heavy (non-hydrogen) atoms. The van der Waals surface area contributed by atoms with Crippen molar-refractivity contribution < 1.29 is 4.79 Å². The molecule has 3 nitrogen and oxygen atoms in total. The van der Waals surface area contributed by atoms with Crippen LogP contribution in [-0.2, 0) is 4.79 Å². The average molecular weight is 170 g/mol. The quantitative estimate of drug-likeness (QED) is 0.665. The van der Waals surface area contributed by atoms with Gasteiger partial charge in [0.15, 0.2) is 0 Å². The number of nitrogens with zero attached hydrogens (tertiary/aromatic N) is 1. The zero-order chi connectivity index (χ0) is 8.97. The smallest absolute Gasteiger partial charge is 0.236 e. The van der Waals surface area contributed by atoms with Gasteiger partial charge in [-0.1, -0.05) is 13.8 Å². The summed E-state index contributed by atoms with van der Waals surface area (Å²) in [5, 5.41) is 3.14. The second-order valence-electron chi connectivity index (χ2n) is 3.76. The van der Waals surface area contributed by atoms with E-state index in [1.54, 1.807) is 0 Å². The number of amides is 1. The topological polar surface area (TPSA) is 32.3 Å². The summed E-state index contributed by atoms with van der Waals surface area (Å²) in [5.41, 5.74) is 0. The van der Waals surface area contributed by atoms with Gasteiger partial charge in [0.05, 0.1) is 6.54 Å². The van der Waals surface area contributed by atoms with Crippen LogP contribution in [0.2, 0.25) is 0 Å². The normalized spacial score (nSPS) is 16.4.